The molecule has 4 atom stereocenters. The molecule has 2 aliphatic carbocycles. The highest BCUT2D eigenvalue weighted by Crippen LogP contribution is 2.38. The average Bonchev–Trinajstić information content (AvgIpc) is 3.17. The minimum atomic E-state index is -0.355. The van der Waals surface area contributed by atoms with Crippen molar-refractivity contribution in [3.8, 4) is 0 Å². The Morgan fingerprint density at radius 1 is 1.20 bits per heavy atom. The van der Waals surface area contributed by atoms with Gasteiger partial charge < -0.3 is 15.0 Å². The molecular formula is C21H29N5O4. The van der Waals surface area contributed by atoms with E-state index in [9.17, 15) is 14.4 Å². The maximum absolute atomic E-state index is 12.9. The number of carbonyl (C=O) groups excluding carboxylic acids is 3. The topological polar surface area (TPSA) is 106 Å². The molecule has 0 radical (unpaired) electrons. The third-order valence-electron chi connectivity index (χ3n) is 6.31. The van der Waals surface area contributed by atoms with Crippen LogP contribution >= 0.6 is 0 Å². The highest BCUT2D eigenvalue weighted by atomic mass is 16.5. The summed E-state index contributed by atoms with van der Waals surface area (Å²) in [5.74, 6) is 1.03. The summed E-state index contributed by atoms with van der Waals surface area (Å²) in [5.41, 5.74) is 0. The number of amides is 2. The van der Waals surface area contributed by atoms with Gasteiger partial charge in [-0.2, -0.15) is 5.10 Å². The van der Waals surface area contributed by atoms with E-state index in [1.807, 2.05) is 14.0 Å². The quantitative estimate of drug-likeness (QED) is 0.538. The number of nitrogens with one attached hydrogen (secondary N) is 1. The first-order valence-corrected chi connectivity index (χ1v) is 10.6. The molecule has 1 N–H and O–H groups in total. The van der Waals surface area contributed by atoms with Gasteiger partial charge in [-0.3, -0.25) is 19.1 Å². The average molecular weight is 415 g/mol. The van der Waals surface area contributed by atoms with E-state index in [1.54, 1.807) is 21.7 Å². The lowest BCUT2D eigenvalue weighted by atomic mass is 10.0. The lowest BCUT2D eigenvalue weighted by molar-refractivity contribution is -0.144. The van der Waals surface area contributed by atoms with E-state index >= 15 is 0 Å². The number of likely N-dealkylation sites (tertiary alicyclic amines) is 1. The van der Waals surface area contributed by atoms with Crippen LogP contribution in [0.25, 0.3) is 0 Å². The van der Waals surface area contributed by atoms with Crippen molar-refractivity contribution in [1.82, 2.24) is 25.0 Å². The van der Waals surface area contributed by atoms with Crippen molar-refractivity contribution < 1.29 is 19.1 Å². The number of rotatable bonds is 6. The summed E-state index contributed by atoms with van der Waals surface area (Å²) < 4.78 is 6.45. The van der Waals surface area contributed by atoms with Crippen LogP contribution in [0.4, 0.5) is 0 Å². The van der Waals surface area contributed by atoms with Crippen molar-refractivity contribution in [1.29, 1.82) is 0 Å². The molecule has 0 unspecified atom stereocenters. The Balaban J connectivity index is 1.30. The van der Waals surface area contributed by atoms with Crippen LogP contribution in [0.15, 0.2) is 12.2 Å². The lowest BCUT2D eigenvalue weighted by Gasteiger charge is -2.20. The van der Waals surface area contributed by atoms with Crippen LogP contribution in [0.3, 0.4) is 0 Å². The molecule has 9 nitrogen and oxygen atoms in total. The number of hydrogen-bond acceptors (Lipinski definition) is 6. The number of carbonyl (C=O) groups is 3. The molecule has 1 aliphatic heterocycles. The molecule has 9 heteroatoms. The van der Waals surface area contributed by atoms with Crippen LogP contribution in [-0.4, -0.2) is 63.7 Å². The second kappa shape index (κ2) is 8.20. The molecule has 3 aliphatic rings. The molecule has 1 saturated carbocycles. The summed E-state index contributed by atoms with van der Waals surface area (Å²) >= 11 is 0. The number of ether oxygens (including phenoxy) is 1. The Kier molecular flexibility index (Phi) is 5.62. The Bertz CT molecular complexity index is 875. The maximum atomic E-state index is 12.9. The maximum Gasteiger partial charge on any atom is 0.312 e. The van der Waals surface area contributed by atoms with Crippen molar-refractivity contribution in [2.24, 2.45) is 24.8 Å². The second-order valence-electron chi connectivity index (χ2n) is 8.71. The Hall–Kier alpha value is -2.71. The minimum absolute atomic E-state index is 0.00336. The van der Waals surface area contributed by atoms with E-state index in [4.69, 9.17) is 4.74 Å². The molecule has 2 amide bonds. The normalized spacial score (nSPS) is 28.0. The fourth-order valence-corrected chi connectivity index (χ4v) is 4.29. The highest BCUT2D eigenvalue weighted by Gasteiger charge is 2.38. The zero-order chi connectivity index (χ0) is 21.4. The largest absolute Gasteiger partial charge is 0.469 e. The Morgan fingerprint density at radius 3 is 2.63 bits per heavy atom. The van der Waals surface area contributed by atoms with E-state index in [0.717, 1.165) is 18.7 Å². The van der Waals surface area contributed by atoms with Crippen molar-refractivity contribution in [3.63, 3.8) is 0 Å². The zero-order valence-electron chi connectivity index (χ0n) is 17.7. The SMILES string of the molecule is COC(=O)[C@H]1C=C[C@@H](C(=O)N2C[C@@H](C)[C@H](NC(=O)Cc3nc(C4CC4)nn3C)C2)C1. The number of hydrogen-bond donors (Lipinski definition) is 1. The fraction of sp³-hybridized carbons (Fsp3) is 0.667. The summed E-state index contributed by atoms with van der Waals surface area (Å²) in [6.07, 6.45) is 6.42. The van der Waals surface area contributed by atoms with Gasteiger partial charge in [0, 0.05) is 26.1 Å². The van der Waals surface area contributed by atoms with E-state index in [-0.39, 0.29) is 48.0 Å². The van der Waals surface area contributed by atoms with Gasteiger partial charge in [-0.15, -0.1) is 0 Å². The first kappa shape index (κ1) is 20.6. The predicted octanol–water partition coefficient (Wildman–Crippen LogP) is 0.563. The van der Waals surface area contributed by atoms with Gasteiger partial charge in [0.2, 0.25) is 11.8 Å². The molecule has 1 aromatic rings. The summed E-state index contributed by atoms with van der Waals surface area (Å²) in [6.45, 7) is 3.10. The number of esters is 1. The van der Waals surface area contributed by atoms with Gasteiger partial charge in [0.15, 0.2) is 5.82 Å². The first-order chi connectivity index (χ1) is 14.4. The van der Waals surface area contributed by atoms with Crippen molar-refractivity contribution in [2.75, 3.05) is 20.2 Å². The van der Waals surface area contributed by atoms with Crippen molar-refractivity contribution >= 4 is 17.8 Å². The van der Waals surface area contributed by atoms with E-state index in [0.29, 0.717) is 31.3 Å². The second-order valence-corrected chi connectivity index (χ2v) is 8.71. The van der Waals surface area contributed by atoms with E-state index in [2.05, 4.69) is 15.4 Å². The lowest BCUT2D eigenvalue weighted by Crippen LogP contribution is -2.42. The molecular weight excluding hydrogens is 386 g/mol. The van der Waals surface area contributed by atoms with Crippen LogP contribution in [0.5, 0.6) is 0 Å². The molecule has 1 saturated heterocycles. The molecule has 1 aromatic heterocycles. The van der Waals surface area contributed by atoms with Gasteiger partial charge in [-0.05, 0) is 25.2 Å². The van der Waals surface area contributed by atoms with Gasteiger partial charge in [-0.25, -0.2) is 4.98 Å². The summed E-state index contributed by atoms with van der Waals surface area (Å²) in [6, 6.07) is -0.0978. The van der Waals surface area contributed by atoms with E-state index in [1.165, 1.54) is 7.11 Å². The highest BCUT2D eigenvalue weighted by molar-refractivity contribution is 5.84. The summed E-state index contributed by atoms with van der Waals surface area (Å²) in [7, 11) is 3.17. The van der Waals surface area contributed by atoms with Crippen molar-refractivity contribution in [2.45, 2.75) is 44.6 Å². The predicted molar refractivity (Wildman–Crippen MR) is 107 cm³/mol. The van der Waals surface area contributed by atoms with Crippen LogP contribution in [-0.2, 0) is 32.6 Å². The standard InChI is InChI=1S/C21H29N5O4/c1-12-10-26(20(28)14-6-7-15(8-14)21(29)30-3)11-16(12)22-18(27)9-17-23-19(13-4-5-13)24-25(17)2/h6-7,12-16H,4-5,8-11H2,1-3H3,(H,22,27)/t12-,14-,15+,16-/m1/s1. The third-order valence-corrected chi connectivity index (χ3v) is 6.31. The van der Waals surface area contributed by atoms with Crippen molar-refractivity contribution in [3.05, 3.63) is 23.8 Å². The van der Waals surface area contributed by atoms with Crippen LogP contribution in [0.2, 0.25) is 0 Å². The van der Waals surface area contributed by atoms with Gasteiger partial charge in [0.05, 0.1) is 31.4 Å². The number of nitrogens with zero attached hydrogens (tertiary/aromatic N) is 4. The number of aryl methyl sites for hydroxylation is 1. The van der Waals surface area contributed by atoms with Gasteiger partial charge in [0.1, 0.15) is 5.82 Å². The molecule has 30 heavy (non-hydrogen) atoms. The summed E-state index contributed by atoms with van der Waals surface area (Å²) in [4.78, 5) is 43.5. The van der Waals surface area contributed by atoms with E-state index < -0.39 is 0 Å². The van der Waals surface area contributed by atoms with Crippen LogP contribution in [0, 0.1) is 17.8 Å². The monoisotopic (exact) mass is 415 g/mol. The molecule has 0 aromatic carbocycles. The third kappa shape index (κ3) is 4.24. The Morgan fingerprint density at radius 2 is 1.93 bits per heavy atom. The molecule has 0 spiro atoms. The summed E-state index contributed by atoms with van der Waals surface area (Å²) in [5, 5.41) is 7.47. The van der Waals surface area contributed by atoms with Gasteiger partial charge >= 0.3 is 5.97 Å². The first-order valence-electron chi connectivity index (χ1n) is 10.6. The fourth-order valence-electron chi connectivity index (χ4n) is 4.29. The molecule has 4 rings (SSSR count). The molecule has 162 valence electrons. The smallest absolute Gasteiger partial charge is 0.312 e. The number of aromatic nitrogens is 3. The van der Waals surface area contributed by atoms with Gasteiger partial charge in [0.25, 0.3) is 0 Å². The molecule has 2 heterocycles. The van der Waals surface area contributed by atoms with Gasteiger partial charge in [-0.1, -0.05) is 19.1 Å². The minimum Gasteiger partial charge on any atom is -0.469 e. The van der Waals surface area contributed by atoms with Crippen LogP contribution < -0.4 is 5.32 Å². The van der Waals surface area contributed by atoms with Crippen LogP contribution in [0.1, 0.15) is 43.8 Å². The molecule has 2 fully saturated rings. The zero-order valence-corrected chi connectivity index (χ0v) is 17.7. The molecule has 0 bridgehead atoms. The Labute approximate surface area is 175 Å². The number of methoxy groups -OCH3 is 1.